The summed E-state index contributed by atoms with van der Waals surface area (Å²) in [7, 11) is 1.52. The summed E-state index contributed by atoms with van der Waals surface area (Å²) in [5, 5.41) is 7.51. The average molecular weight is 308 g/mol. The van der Waals surface area contributed by atoms with Gasteiger partial charge in [0.05, 0.1) is 6.10 Å². The SMILES string of the molecule is CCCn1c(CC2CCCCO2)nnc1S(=O)(=O)Cl. The van der Waals surface area contributed by atoms with E-state index in [0.29, 0.717) is 18.8 Å². The minimum Gasteiger partial charge on any atom is -0.378 e. The maximum absolute atomic E-state index is 11.4. The molecule has 0 amide bonds. The van der Waals surface area contributed by atoms with Crippen LogP contribution in [0.5, 0.6) is 0 Å². The number of ether oxygens (including phenoxy) is 1. The molecule has 6 nitrogen and oxygen atoms in total. The molecule has 2 rings (SSSR count). The smallest absolute Gasteiger partial charge is 0.296 e. The highest BCUT2D eigenvalue weighted by Crippen LogP contribution is 2.20. The van der Waals surface area contributed by atoms with Crippen LogP contribution in [0.15, 0.2) is 5.16 Å². The van der Waals surface area contributed by atoms with Crippen molar-refractivity contribution in [2.75, 3.05) is 6.61 Å². The van der Waals surface area contributed by atoms with Crippen LogP contribution in [0.3, 0.4) is 0 Å². The maximum Gasteiger partial charge on any atom is 0.296 e. The molecule has 19 heavy (non-hydrogen) atoms. The third-order valence-electron chi connectivity index (χ3n) is 3.14. The van der Waals surface area contributed by atoms with E-state index in [1.54, 1.807) is 4.57 Å². The van der Waals surface area contributed by atoms with Crippen molar-refractivity contribution in [1.82, 2.24) is 14.8 Å². The first kappa shape index (κ1) is 14.7. The molecule has 1 aromatic heterocycles. The number of hydrogen-bond acceptors (Lipinski definition) is 5. The lowest BCUT2D eigenvalue weighted by Crippen LogP contribution is -2.23. The Bertz CT molecular complexity index is 523. The molecule has 0 N–H and O–H groups in total. The maximum atomic E-state index is 11.4. The van der Waals surface area contributed by atoms with Crippen LogP contribution in [-0.2, 0) is 26.8 Å². The molecule has 1 atom stereocenters. The Labute approximate surface area is 117 Å². The monoisotopic (exact) mass is 307 g/mol. The number of rotatable bonds is 5. The third kappa shape index (κ3) is 3.67. The van der Waals surface area contributed by atoms with E-state index in [0.717, 1.165) is 32.3 Å². The number of hydrogen-bond donors (Lipinski definition) is 0. The second-order valence-corrected chi connectivity index (χ2v) is 7.14. The van der Waals surface area contributed by atoms with Crippen LogP contribution in [0.1, 0.15) is 38.4 Å². The van der Waals surface area contributed by atoms with Crippen LogP contribution in [-0.4, -0.2) is 35.9 Å². The number of halogens is 1. The van der Waals surface area contributed by atoms with Gasteiger partial charge in [-0.1, -0.05) is 6.92 Å². The average Bonchev–Trinajstić information content (AvgIpc) is 2.74. The van der Waals surface area contributed by atoms with Crippen molar-refractivity contribution in [3.8, 4) is 0 Å². The van der Waals surface area contributed by atoms with Crippen LogP contribution < -0.4 is 0 Å². The van der Waals surface area contributed by atoms with E-state index in [2.05, 4.69) is 10.2 Å². The lowest BCUT2D eigenvalue weighted by Gasteiger charge is -2.22. The van der Waals surface area contributed by atoms with Crippen molar-refractivity contribution in [3.63, 3.8) is 0 Å². The van der Waals surface area contributed by atoms with Gasteiger partial charge in [-0.15, -0.1) is 10.2 Å². The van der Waals surface area contributed by atoms with E-state index in [-0.39, 0.29) is 11.3 Å². The topological polar surface area (TPSA) is 74.1 Å². The molecular formula is C11H18ClN3O3S. The predicted molar refractivity (Wildman–Crippen MR) is 70.6 cm³/mol. The highest BCUT2D eigenvalue weighted by Gasteiger charge is 2.24. The quantitative estimate of drug-likeness (QED) is 0.774. The van der Waals surface area contributed by atoms with Gasteiger partial charge in [0.2, 0.25) is 0 Å². The molecule has 1 aliphatic heterocycles. The Morgan fingerprint density at radius 3 is 2.79 bits per heavy atom. The molecule has 1 unspecified atom stereocenters. The molecule has 1 saturated heterocycles. The minimum absolute atomic E-state index is 0.0967. The largest absolute Gasteiger partial charge is 0.378 e. The molecule has 0 spiro atoms. The summed E-state index contributed by atoms with van der Waals surface area (Å²) in [6.07, 6.45) is 4.66. The van der Waals surface area contributed by atoms with Crippen molar-refractivity contribution < 1.29 is 13.2 Å². The van der Waals surface area contributed by atoms with Crippen molar-refractivity contribution >= 4 is 19.7 Å². The second kappa shape index (κ2) is 6.19. The van der Waals surface area contributed by atoms with Crippen molar-refractivity contribution in [1.29, 1.82) is 0 Å². The normalized spacial score (nSPS) is 20.6. The summed E-state index contributed by atoms with van der Waals surface area (Å²) >= 11 is 0. The molecule has 2 heterocycles. The van der Waals surface area contributed by atoms with Crippen LogP contribution in [0.2, 0.25) is 0 Å². The van der Waals surface area contributed by atoms with Gasteiger partial charge in [-0.25, -0.2) is 8.42 Å². The Balaban J connectivity index is 2.22. The zero-order chi connectivity index (χ0) is 13.9. The first-order valence-electron chi connectivity index (χ1n) is 6.50. The van der Waals surface area contributed by atoms with Gasteiger partial charge in [0.1, 0.15) is 5.82 Å². The zero-order valence-corrected chi connectivity index (χ0v) is 12.5. The summed E-state index contributed by atoms with van der Waals surface area (Å²) in [4.78, 5) is 0. The van der Waals surface area contributed by atoms with Crippen molar-refractivity contribution in [3.05, 3.63) is 5.82 Å². The van der Waals surface area contributed by atoms with E-state index in [1.807, 2.05) is 6.92 Å². The Kier molecular flexibility index (Phi) is 4.81. The summed E-state index contributed by atoms with van der Waals surface area (Å²) in [6.45, 7) is 3.26. The molecule has 0 bridgehead atoms. The lowest BCUT2D eigenvalue weighted by molar-refractivity contribution is 0.0150. The zero-order valence-electron chi connectivity index (χ0n) is 10.9. The number of aromatic nitrogens is 3. The molecule has 0 aliphatic carbocycles. The van der Waals surface area contributed by atoms with Crippen molar-refractivity contribution in [2.24, 2.45) is 0 Å². The van der Waals surface area contributed by atoms with Gasteiger partial charge in [-0.3, -0.25) is 0 Å². The fraction of sp³-hybridized carbons (Fsp3) is 0.818. The highest BCUT2D eigenvalue weighted by molar-refractivity contribution is 8.13. The summed E-state index contributed by atoms with van der Waals surface area (Å²) in [5.41, 5.74) is 0. The second-order valence-electron chi connectivity index (χ2n) is 4.68. The standard InChI is InChI=1S/C11H18ClN3O3S/c1-2-6-15-10(8-9-5-3-4-7-18-9)13-14-11(15)19(12,16)17/h9H,2-8H2,1H3. The first-order valence-corrected chi connectivity index (χ1v) is 8.81. The fourth-order valence-corrected chi connectivity index (χ4v) is 3.21. The minimum atomic E-state index is -3.85. The Morgan fingerprint density at radius 2 is 2.21 bits per heavy atom. The van der Waals surface area contributed by atoms with Gasteiger partial charge in [-0.2, -0.15) is 0 Å². The Hall–Kier alpha value is -0.660. The van der Waals surface area contributed by atoms with E-state index >= 15 is 0 Å². The van der Waals surface area contributed by atoms with Gasteiger partial charge in [0, 0.05) is 30.3 Å². The lowest BCUT2D eigenvalue weighted by atomic mass is 10.1. The van der Waals surface area contributed by atoms with Gasteiger partial charge >= 0.3 is 0 Å². The van der Waals surface area contributed by atoms with E-state index in [1.165, 1.54) is 0 Å². The highest BCUT2D eigenvalue weighted by atomic mass is 35.7. The summed E-state index contributed by atoms with van der Waals surface area (Å²) in [6, 6.07) is 0. The summed E-state index contributed by atoms with van der Waals surface area (Å²) in [5.74, 6) is 0.632. The molecule has 1 aliphatic rings. The van der Waals surface area contributed by atoms with Crippen molar-refractivity contribution in [2.45, 2.75) is 56.8 Å². The van der Waals surface area contributed by atoms with E-state index in [9.17, 15) is 8.42 Å². The molecule has 8 heteroatoms. The van der Waals surface area contributed by atoms with Gasteiger partial charge in [0.25, 0.3) is 14.2 Å². The van der Waals surface area contributed by atoms with Crippen LogP contribution in [0, 0.1) is 0 Å². The summed E-state index contributed by atoms with van der Waals surface area (Å²) < 4.78 is 30.1. The van der Waals surface area contributed by atoms with E-state index in [4.69, 9.17) is 15.4 Å². The molecule has 0 saturated carbocycles. The van der Waals surface area contributed by atoms with Crippen LogP contribution in [0.25, 0.3) is 0 Å². The number of nitrogens with zero attached hydrogens (tertiary/aromatic N) is 3. The Morgan fingerprint density at radius 1 is 1.42 bits per heavy atom. The van der Waals surface area contributed by atoms with Gasteiger partial charge in [0.15, 0.2) is 0 Å². The van der Waals surface area contributed by atoms with Crippen LogP contribution in [0.4, 0.5) is 0 Å². The molecule has 0 radical (unpaired) electrons. The molecule has 0 aromatic carbocycles. The predicted octanol–water partition coefficient (Wildman–Crippen LogP) is 1.73. The molecule has 1 aromatic rings. The first-order chi connectivity index (χ1) is 9.02. The molecule has 108 valence electrons. The van der Waals surface area contributed by atoms with Crippen LogP contribution >= 0.6 is 10.7 Å². The fourth-order valence-electron chi connectivity index (χ4n) is 2.27. The third-order valence-corrected chi connectivity index (χ3v) is 4.30. The van der Waals surface area contributed by atoms with Gasteiger partial charge < -0.3 is 9.30 Å². The van der Waals surface area contributed by atoms with E-state index < -0.39 is 9.05 Å². The molecule has 1 fully saturated rings. The molecular weight excluding hydrogens is 290 g/mol. The van der Waals surface area contributed by atoms with Gasteiger partial charge in [-0.05, 0) is 25.7 Å².